The predicted octanol–water partition coefficient (Wildman–Crippen LogP) is 1.28. The molecule has 0 unspecified atom stereocenters. The highest BCUT2D eigenvalue weighted by molar-refractivity contribution is 7.15. The summed E-state index contributed by atoms with van der Waals surface area (Å²) in [5.41, 5.74) is 0.989. The van der Waals surface area contributed by atoms with E-state index in [2.05, 4.69) is 10.3 Å². The minimum absolute atomic E-state index is 0. The summed E-state index contributed by atoms with van der Waals surface area (Å²) in [5.74, 6) is 0.258. The van der Waals surface area contributed by atoms with E-state index in [-0.39, 0.29) is 18.3 Å². The number of hydrogen-bond acceptors (Lipinski definition) is 4. The largest absolute Gasteiger partial charge is 0.332 e. The molecule has 1 amide bonds. The Morgan fingerprint density at radius 2 is 2.42 bits per heavy atom. The Hall–Kier alpha value is -1.11. The van der Waals surface area contributed by atoms with E-state index in [0.717, 1.165) is 23.6 Å². The summed E-state index contributed by atoms with van der Waals surface area (Å²) in [6, 6.07) is 0.735. The molecular weight excluding hydrogens is 284 g/mol. The van der Waals surface area contributed by atoms with Gasteiger partial charge in [0.15, 0.2) is 4.96 Å². The zero-order valence-electron chi connectivity index (χ0n) is 10.3. The van der Waals surface area contributed by atoms with Gasteiger partial charge in [-0.3, -0.25) is 9.20 Å². The van der Waals surface area contributed by atoms with Crippen LogP contribution in [0.15, 0.2) is 17.8 Å². The molecule has 1 N–H and O–H groups in total. The Bertz CT molecular complexity index is 581. The lowest BCUT2D eigenvalue weighted by Gasteiger charge is -2.22. The minimum Gasteiger partial charge on any atom is -0.332 e. The van der Waals surface area contributed by atoms with Gasteiger partial charge in [0.25, 0.3) is 0 Å². The first-order valence-electron chi connectivity index (χ1n) is 6.25. The number of carbonyl (C=O) groups excluding carboxylic acids is 1. The van der Waals surface area contributed by atoms with E-state index in [4.69, 9.17) is 0 Å². The third-order valence-corrected chi connectivity index (χ3v) is 4.67. The number of likely N-dealkylation sites (tertiary alicyclic amines) is 1. The van der Waals surface area contributed by atoms with Crippen LogP contribution in [0.25, 0.3) is 4.96 Å². The van der Waals surface area contributed by atoms with Crippen molar-refractivity contribution >= 4 is 34.6 Å². The molecule has 7 heteroatoms. The predicted molar refractivity (Wildman–Crippen MR) is 75.7 cm³/mol. The molecule has 2 aromatic rings. The van der Waals surface area contributed by atoms with Crippen LogP contribution >= 0.6 is 23.7 Å². The molecule has 0 spiro atoms. The number of imidazole rings is 1. The highest BCUT2D eigenvalue weighted by Gasteiger charge is 2.42. The number of hydrogen-bond donors (Lipinski definition) is 1. The van der Waals surface area contributed by atoms with Crippen molar-refractivity contribution in [1.82, 2.24) is 19.6 Å². The van der Waals surface area contributed by atoms with Gasteiger partial charge in [-0.05, 0) is 13.0 Å². The number of nitrogens with zero attached hydrogens (tertiary/aromatic N) is 3. The molecular formula is C12H15ClN4OS. The van der Waals surface area contributed by atoms with Crippen LogP contribution in [0.5, 0.6) is 0 Å². The van der Waals surface area contributed by atoms with Crippen molar-refractivity contribution in [1.29, 1.82) is 0 Å². The molecule has 19 heavy (non-hydrogen) atoms. The van der Waals surface area contributed by atoms with Crippen LogP contribution in [0, 0.1) is 0 Å². The maximum Gasteiger partial charge on any atom is 0.224 e. The van der Waals surface area contributed by atoms with Gasteiger partial charge in [0.1, 0.15) is 0 Å². The fraction of sp³-hybridized carbons (Fsp3) is 0.500. The quantitative estimate of drug-likeness (QED) is 0.909. The van der Waals surface area contributed by atoms with Gasteiger partial charge in [-0.25, -0.2) is 4.98 Å². The zero-order valence-corrected chi connectivity index (χ0v) is 11.9. The summed E-state index contributed by atoms with van der Waals surface area (Å²) in [4.78, 5) is 19.5. The molecule has 2 saturated heterocycles. The number of aromatic nitrogens is 2. The number of fused-ring (bicyclic) bond motifs is 2. The average molecular weight is 299 g/mol. The number of halogens is 1. The maximum absolute atomic E-state index is 12.0. The Balaban J connectivity index is 0.00000110. The molecule has 0 bridgehead atoms. The maximum atomic E-state index is 12.0. The second-order valence-corrected chi connectivity index (χ2v) is 5.84. The minimum atomic E-state index is 0. The molecule has 0 aliphatic carbocycles. The highest BCUT2D eigenvalue weighted by Crippen LogP contribution is 2.27. The first-order chi connectivity index (χ1) is 8.81. The summed E-state index contributed by atoms with van der Waals surface area (Å²) in [7, 11) is 0. The molecule has 2 aliphatic heterocycles. The Kier molecular flexibility index (Phi) is 3.24. The molecule has 4 heterocycles. The fourth-order valence-corrected chi connectivity index (χ4v) is 3.78. The van der Waals surface area contributed by atoms with Crippen molar-refractivity contribution in [2.24, 2.45) is 0 Å². The number of rotatable bonds is 2. The third-order valence-electron chi connectivity index (χ3n) is 3.90. The average Bonchev–Trinajstić information content (AvgIpc) is 3.01. The number of carbonyl (C=O) groups is 1. The van der Waals surface area contributed by atoms with Crippen LogP contribution in [-0.2, 0) is 11.3 Å². The van der Waals surface area contributed by atoms with Crippen molar-refractivity contribution in [2.45, 2.75) is 31.5 Å². The van der Waals surface area contributed by atoms with Crippen LogP contribution in [0.2, 0.25) is 0 Å². The Morgan fingerprint density at radius 1 is 1.53 bits per heavy atom. The molecule has 4 rings (SSSR count). The van der Waals surface area contributed by atoms with Gasteiger partial charge in [0.2, 0.25) is 5.91 Å². The van der Waals surface area contributed by atoms with Crippen molar-refractivity contribution in [3.05, 3.63) is 23.5 Å². The smallest absolute Gasteiger partial charge is 0.224 e. The molecule has 0 saturated carbocycles. The van der Waals surface area contributed by atoms with E-state index in [1.165, 1.54) is 0 Å². The molecule has 0 aromatic carbocycles. The standard InChI is InChI=1S/C12H14N4OS.ClH/c17-11-5-9-10(1-2-13-9)16(11)7-8-6-15-3-4-18-12(15)14-8;/h3-4,6,9-10,13H,1-2,5,7H2;1H/t9-,10-;/m1./s1. The van der Waals surface area contributed by atoms with Gasteiger partial charge in [-0.15, -0.1) is 23.7 Å². The SMILES string of the molecule is Cl.O=C1C[C@H]2NCC[C@H]2N1Cc1cn2ccsc2n1. The third kappa shape index (κ3) is 2.04. The van der Waals surface area contributed by atoms with Gasteiger partial charge < -0.3 is 10.2 Å². The summed E-state index contributed by atoms with van der Waals surface area (Å²) in [5, 5.41) is 5.42. The molecule has 2 fully saturated rings. The van der Waals surface area contributed by atoms with Gasteiger partial charge >= 0.3 is 0 Å². The molecule has 2 aromatic heterocycles. The van der Waals surface area contributed by atoms with E-state index in [0.29, 0.717) is 25.0 Å². The van der Waals surface area contributed by atoms with Crippen molar-refractivity contribution in [3.8, 4) is 0 Å². The number of nitrogens with one attached hydrogen (secondary N) is 1. The van der Waals surface area contributed by atoms with Gasteiger partial charge in [-0.1, -0.05) is 0 Å². The molecule has 2 aliphatic rings. The monoisotopic (exact) mass is 298 g/mol. The second-order valence-electron chi connectivity index (χ2n) is 4.97. The van der Waals surface area contributed by atoms with Crippen LogP contribution < -0.4 is 5.32 Å². The summed E-state index contributed by atoms with van der Waals surface area (Å²) in [6.07, 6.45) is 5.74. The molecule has 102 valence electrons. The van der Waals surface area contributed by atoms with Crippen LogP contribution in [0.4, 0.5) is 0 Å². The van der Waals surface area contributed by atoms with E-state index >= 15 is 0 Å². The van der Waals surface area contributed by atoms with Crippen molar-refractivity contribution in [3.63, 3.8) is 0 Å². The lowest BCUT2D eigenvalue weighted by molar-refractivity contribution is -0.129. The number of amides is 1. The first-order valence-corrected chi connectivity index (χ1v) is 7.13. The van der Waals surface area contributed by atoms with Crippen molar-refractivity contribution < 1.29 is 4.79 Å². The summed E-state index contributed by atoms with van der Waals surface area (Å²) in [6.45, 7) is 1.67. The van der Waals surface area contributed by atoms with E-state index in [1.807, 2.05) is 27.1 Å². The topological polar surface area (TPSA) is 49.6 Å². The fourth-order valence-electron chi connectivity index (χ4n) is 3.06. The summed E-state index contributed by atoms with van der Waals surface area (Å²) >= 11 is 1.62. The Morgan fingerprint density at radius 3 is 3.26 bits per heavy atom. The highest BCUT2D eigenvalue weighted by atomic mass is 35.5. The molecule has 0 radical (unpaired) electrons. The first kappa shape index (κ1) is 12.9. The van der Waals surface area contributed by atoms with E-state index in [1.54, 1.807) is 11.3 Å². The normalized spacial score (nSPS) is 25.9. The second kappa shape index (κ2) is 4.77. The van der Waals surface area contributed by atoms with Crippen LogP contribution in [0.1, 0.15) is 18.5 Å². The van der Waals surface area contributed by atoms with E-state index in [9.17, 15) is 4.79 Å². The zero-order chi connectivity index (χ0) is 12.1. The van der Waals surface area contributed by atoms with Crippen LogP contribution in [0.3, 0.4) is 0 Å². The van der Waals surface area contributed by atoms with Crippen molar-refractivity contribution in [2.75, 3.05) is 6.54 Å². The van der Waals surface area contributed by atoms with Gasteiger partial charge in [-0.2, -0.15) is 0 Å². The van der Waals surface area contributed by atoms with E-state index < -0.39 is 0 Å². The molecule has 5 nitrogen and oxygen atoms in total. The lowest BCUT2D eigenvalue weighted by Crippen LogP contribution is -2.35. The summed E-state index contributed by atoms with van der Waals surface area (Å²) < 4.78 is 2.02. The number of thiazole rings is 1. The van der Waals surface area contributed by atoms with Crippen LogP contribution in [-0.4, -0.2) is 38.8 Å². The lowest BCUT2D eigenvalue weighted by atomic mass is 10.1. The van der Waals surface area contributed by atoms with Gasteiger partial charge in [0.05, 0.1) is 12.2 Å². The van der Waals surface area contributed by atoms with Gasteiger partial charge in [0, 0.05) is 36.3 Å². The Labute approximate surface area is 121 Å². The molecule has 2 atom stereocenters.